The van der Waals surface area contributed by atoms with Gasteiger partial charge in [-0.25, -0.2) is 4.85 Å². The minimum atomic E-state index is 0.0484. The first kappa shape index (κ1) is 17.7. The predicted molar refractivity (Wildman–Crippen MR) is 103 cm³/mol. The number of rotatable bonds is 4. The molecule has 7 nitrogen and oxygen atoms in total. The number of benzene rings is 1. The highest BCUT2D eigenvalue weighted by Gasteiger charge is 2.30. The maximum absolute atomic E-state index is 10.2. The Labute approximate surface area is 158 Å². The fourth-order valence-electron chi connectivity index (χ4n) is 3.71. The van der Waals surface area contributed by atoms with Crippen LogP contribution in [0, 0.1) is 13.5 Å². The molecule has 1 aromatic carbocycles. The molecule has 2 aliphatic heterocycles. The topological polar surface area (TPSA) is 74.9 Å². The highest BCUT2D eigenvalue weighted by Crippen LogP contribution is 2.33. The summed E-state index contributed by atoms with van der Waals surface area (Å²) in [7, 11) is 0. The third-order valence-electron chi connectivity index (χ3n) is 5.29. The Hall–Kier alpha value is -2.69. The van der Waals surface area contributed by atoms with Crippen molar-refractivity contribution in [2.75, 3.05) is 31.6 Å². The van der Waals surface area contributed by atoms with Crippen LogP contribution in [0.3, 0.4) is 0 Å². The molecule has 3 heterocycles. The molecular formula is C20H23N5O2. The normalized spacial score (nSPS) is 20.7. The van der Waals surface area contributed by atoms with Crippen LogP contribution in [0.25, 0.3) is 16.1 Å². The smallest absolute Gasteiger partial charge is 0.190 e. The van der Waals surface area contributed by atoms with Gasteiger partial charge in [0.05, 0.1) is 31.5 Å². The van der Waals surface area contributed by atoms with Crippen LogP contribution in [-0.4, -0.2) is 58.6 Å². The number of hydrogen-bond acceptors (Lipinski definition) is 6. The number of aromatic hydroxyl groups is 1. The zero-order valence-electron chi connectivity index (χ0n) is 15.4. The Morgan fingerprint density at radius 1 is 1.30 bits per heavy atom. The number of phenols is 1. The van der Waals surface area contributed by atoms with Gasteiger partial charge in [0.25, 0.3) is 0 Å². The second-order valence-corrected chi connectivity index (χ2v) is 7.24. The summed E-state index contributed by atoms with van der Waals surface area (Å²) in [5.41, 5.74) is 2.55. The van der Waals surface area contributed by atoms with Crippen molar-refractivity contribution in [1.82, 2.24) is 15.1 Å². The summed E-state index contributed by atoms with van der Waals surface area (Å²) >= 11 is 0. The van der Waals surface area contributed by atoms with Crippen molar-refractivity contribution >= 4 is 11.5 Å². The van der Waals surface area contributed by atoms with Gasteiger partial charge in [0.2, 0.25) is 0 Å². The Morgan fingerprint density at radius 3 is 2.81 bits per heavy atom. The summed E-state index contributed by atoms with van der Waals surface area (Å²) in [5, 5.41) is 22.4. The van der Waals surface area contributed by atoms with Crippen LogP contribution in [0.15, 0.2) is 24.3 Å². The largest absolute Gasteiger partial charge is 0.509 e. The molecule has 140 valence electrons. The third kappa shape index (κ3) is 3.72. The fourth-order valence-corrected chi connectivity index (χ4v) is 3.71. The molecule has 1 unspecified atom stereocenters. The molecule has 2 aromatic rings. The lowest BCUT2D eigenvalue weighted by Crippen LogP contribution is -2.54. The maximum atomic E-state index is 10.2. The standard InChI is InChI=1S/C20H23N5O2/c1-13-8-19(22-15-4-3-7-25(10-15)16-11-27-12-16)23-24-20(13)17-6-5-14(21-2)9-18(17)26/h5-6,8-9,15-16,26H,3-4,7,10-12H2,1H3,(H,22,23). The number of ether oxygens (including phenoxy) is 1. The molecule has 1 atom stereocenters. The number of nitrogens with zero attached hydrogens (tertiary/aromatic N) is 4. The SMILES string of the molecule is [C-]#[N+]c1ccc(-c2nnc(NC3CCCN(C4COC4)C3)cc2C)c(O)c1. The highest BCUT2D eigenvalue weighted by molar-refractivity contribution is 5.73. The van der Waals surface area contributed by atoms with E-state index in [1.165, 1.54) is 12.5 Å². The Kier molecular flexibility index (Phi) is 4.92. The Morgan fingerprint density at radius 2 is 2.15 bits per heavy atom. The van der Waals surface area contributed by atoms with Gasteiger partial charge in [-0.15, -0.1) is 10.2 Å². The average molecular weight is 365 g/mol. The molecule has 0 spiro atoms. The fraction of sp³-hybridized carbons (Fsp3) is 0.450. The van der Waals surface area contributed by atoms with E-state index >= 15 is 0 Å². The molecule has 2 N–H and O–H groups in total. The van der Waals surface area contributed by atoms with E-state index < -0.39 is 0 Å². The van der Waals surface area contributed by atoms with E-state index in [1.807, 2.05) is 13.0 Å². The molecular weight excluding hydrogens is 342 g/mol. The van der Waals surface area contributed by atoms with Gasteiger partial charge in [0.15, 0.2) is 5.69 Å². The van der Waals surface area contributed by atoms with E-state index in [0.29, 0.717) is 29.0 Å². The molecule has 7 heteroatoms. The van der Waals surface area contributed by atoms with Crippen LogP contribution in [0.1, 0.15) is 18.4 Å². The number of hydrogen-bond donors (Lipinski definition) is 2. The number of anilines is 1. The molecule has 0 bridgehead atoms. The second-order valence-electron chi connectivity index (χ2n) is 7.24. The lowest BCUT2D eigenvalue weighted by atomic mass is 10.0. The lowest BCUT2D eigenvalue weighted by Gasteiger charge is -2.42. The first-order valence-corrected chi connectivity index (χ1v) is 9.27. The van der Waals surface area contributed by atoms with Gasteiger partial charge in [-0.05, 0) is 44.0 Å². The van der Waals surface area contributed by atoms with Crippen LogP contribution < -0.4 is 5.32 Å². The summed E-state index contributed by atoms with van der Waals surface area (Å²) in [4.78, 5) is 5.82. The van der Waals surface area contributed by atoms with E-state index in [-0.39, 0.29) is 5.75 Å². The molecule has 2 fully saturated rings. The van der Waals surface area contributed by atoms with E-state index in [1.54, 1.807) is 12.1 Å². The van der Waals surface area contributed by atoms with Crippen molar-refractivity contribution in [2.24, 2.45) is 0 Å². The summed E-state index contributed by atoms with van der Waals surface area (Å²) in [5.74, 6) is 0.803. The summed E-state index contributed by atoms with van der Waals surface area (Å²) in [6, 6.07) is 7.73. The van der Waals surface area contributed by atoms with Crippen molar-refractivity contribution in [1.29, 1.82) is 0 Å². The van der Waals surface area contributed by atoms with E-state index in [2.05, 4.69) is 25.3 Å². The van der Waals surface area contributed by atoms with Gasteiger partial charge in [-0.3, -0.25) is 4.90 Å². The van der Waals surface area contributed by atoms with Gasteiger partial charge in [0, 0.05) is 18.2 Å². The van der Waals surface area contributed by atoms with Crippen LogP contribution in [0.5, 0.6) is 5.75 Å². The first-order chi connectivity index (χ1) is 13.1. The lowest BCUT2D eigenvalue weighted by molar-refractivity contribution is -0.0710. The molecule has 1 aromatic heterocycles. The molecule has 2 aliphatic rings. The molecule has 4 rings (SSSR count). The van der Waals surface area contributed by atoms with Crippen molar-refractivity contribution in [3.63, 3.8) is 0 Å². The zero-order valence-corrected chi connectivity index (χ0v) is 15.4. The number of likely N-dealkylation sites (tertiary alicyclic amines) is 1. The van der Waals surface area contributed by atoms with Gasteiger partial charge < -0.3 is 15.2 Å². The van der Waals surface area contributed by atoms with E-state index in [9.17, 15) is 5.11 Å². The number of nitrogens with one attached hydrogen (secondary N) is 1. The summed E-state index contributed by atoms with van der Waals surface area (Å²) in [6.07, 6.45) is 2.28. The van der Waals surface area contributed by atoms with Gasteiger partial charge in [-0.2, -0.15) is 0 Å². The molecule has 27 heavy (non-hydrogen) atoms. The predicted octanol–water partition coefficient (Wildman–Crippen LogP) is 2.98. The van der Waals surface area contributed by atoms with Gasteiger partial charge in [-0.1, -0.05) is 12.1 Å². The summed E-state index contributed by atoms with van der Waals surface area (Å²) < 4.78 is 5.32. The van der Waals surface area contributed by atoms with Crippen LogP contribution in [0.4, 0.5) is 11.5 Å². The highest BCUT2D eigenvalue weighted by atomic mass is 16.5. The van der Waals surface area contributed by atoms with E-state index in [0.717, 1.165) is 44.1 Å². The third-order valence-corrected chi connectivity index (χ3v) is 5.29. The molecule has 0 amide bonds. The van der Waals surface area contributed by atoms with Gasteiger partial charge >= 0.3 is 0 Å². The number of aromatic nitrogens is 2. The van der Waals surface area contributed by atoms with Crippen LogP contribution >= 0.6 is 0 Å². The molecule has 0 radical (unpaired) electrons. The van der Waals surface area contributed by atoms with Crippen molar-refractivity contribution < 1.29 is 9.84 Å². The molecule has 0 saturated carbocycles. The second kappa shape index (κ2) is 7.51. The van der Waals surface area contributed by atoms with Crippen LogP contribution in [-0.2, 0) is 4.74 Å². The summed E-state index contributed by atoms with van der Waals surface area (Å²) in [6.45, 7) is 12.8. The van der Waals surface area contributed by atoms with Crippen molar-refractivity contribution in [2.45, 2.75) is 31.8 Å². The number of piperidine rings is 1. The molecule has 2 saturated heterocycles. The van der Waals surface area contributed by atoms with E-state index in [4.69, 9.17) is 11.3 Å². The van der Waals surface area contributed by atoms with Crippen LogP contribution in [0.2, 0.25) is 0 Å². The molecule has 0 aliphatic carbocycles. The first-order valence-electron chi connectivity index (χ1n) is 9.27. The average Bonchev–Trinajstić information content (AvgIpc) is 2.61. The maximum Gasteiger partial charge on any atom is 0.190 e. The van der Waals surface area contributed by atoms with Gasteiger partial charge in [0.1, 0.15) is 11.6 Å². The minimum absolute atomic E-state index is 0.0484. The number of aryl methyl sites for hydroxylation is 1. The number of phenolic OH excluding ortho intramolecular Hbond substituents is 1. The zero-order chi connectivity index (χ0) is 18.8. The monoisotopic (exact) mass is 365 g/mol. The Bertz CT molecular complexity index is 875. The Balaban J connectivity index is 1.48. The minimum Gasteiger partial charge on any atom is -0.509 e. The van der Waals surface area contributed by atoms with Crippen molar-refractivity contribution in [3.05, 3.63) is 41.2 Å². The van der Waals surface area contributed by atoms with Crippen molar-refractivity contribution in [3.8, 4) is 17.0 Å². The quantitative estimate of drug-likeness (QED) is 0.812.